The molecule has 0 radical (unpaired) electrons. The molecule has 16 nitrogen and oxygen atoms in total. The van der Waals surface area contributed by atoms with Crippen LogP contribution in [-0.4, -0.2) is 84.7 Å². The molecule has 57 heavy (non-hydrogen) atoms. The quantitative estimate of drug-likeness (QED) is 0.0247. The molecule has 332 valence electrons. The van der Waals surface area contributed by atoms with E-state index in [1.165, 1.54) is 114 Å². The number of phosphoric ester groups is 2. The number of anilines is 1. The van der Waals surface area contributed by atoms with Gasteiger partial charge in [0.1, 0.15) is 30.2 Å². The lowest BCUT2D eigenvalue weighted by Crippen LogP contribution is -2.36. The third-order valence-electron chi connectivity index (χ3n) is 9.72. The summed E-state index contributed by atoms with van der Waals surface area (Å²) in [6.45, 7) is 2.97. The highest BCUT2D eigenvalue weighted by Crippen LogP contribution is 2.60. The topological polar surface area (TPSA) is 239 Å². The zero-order valence-corrected chi connectivity index (χ0v) is 36.8. The number of ether oxygens (including phenoxy) is 2. The first-order valence-electron chi connectivity index (χ1n) is 21.1. The Morgan fingerprint density at radius 2 is 1.33 bits per heavy atom. The van der Waals surface area contributed by atoms with Gasteiger partial charge in [-0.05, 0) is 24.7 Å². The summed E-state index contributed by atoms with van der Waals surface area (Å²) in [5.41, 5.74) is 4.61. The van der Waals surface area contributed by atoms with Crippen LogP contribution in [0.2, 0.25) is 0 Å². The monoisotopic (exact) mass is 871 g/mol. The first kappa shape index (κ1) is 51.8. The fourth-order valence-electron chi connectivity index (χ4n) is 6.44. The first-order valence-corrected chi connectivity index (χ1v) is 25.2. The largest absolute Gasteiger partial charge is 0.481 e. The number of rotatable bonds is 35. The second kappa shape index (κ2) is 29.8. The van der Waals surface area contributed by atoms with E-state index < -0.39 is 71.2 Å². The molecule has 19 heteroatoms. The van der Waals surface area contributed by atoms with Gasteiger partial charge in [-0.3, -0.25) is 18.4 Å². The van der Waals surface area contributed by atoms with Gasteiger partial charge < -0.3 is 35.2 Å². The second-order valence-corrected chi connectivity index (χ2v) is 19.0. The van der Waals surface area contributed by atoms with Crippen molar-refractivity contribution in [3.63, 3.8) is 0 Å². The average molecular weight is 872 g/mol. The van der Waals surface area contributed by atoms with E-state index in [9.17, 15) is 38.7 Å². The number of aliphatic hydroxyl groups is 2. The summed E-state index contributed by atoms with van der Waals surface area (Å²) in [6.07, 6.45) is 18.8. The van der Waals surface area contributed by atoms with Crippen LogP contribution in [0.3, 0.4) is 0 Å². The highest BCUT2D eigenvalue weighted by atomic mass is 32.2. The third-order valence-corrected chi connectivity index (χ3v) is 13.5. The van der Waals surface area contributed by atoms with Crippen LogP contribution in [0.4, 0.5) is 5.82 Å². The number of nitrogens with zero attached hydrogens (tertiary/aromatic N) is 2. The SMILES string of the molecule is CCCCCCCCCCCCCC(=O)OC(COP(=O)(O)OP(=O)(O)OC[C@H]1OC(n2ccc(N)nc2=O)[C@@H](O)[C@@H]1O)CSCCCCCCCCCCCC. The first-order chi connectivity index (χ1) is 27.3. The molecule has 4 unspecified atom stereocenters. The highest BCUT2D eigenvalue weighted by Gasteiger charge is 2.46. The lowest BCUT2D eigenvalue weighted by atomic mass is 10.1. The van der Waals surface area contributed by atoms with Gasteiger partial charge in [0.25, 0.3) is 0 Å². The number of nitrogen functional groups attached to an aromatic ring is 1. The van der Waals surface area contributed by atoms with Crippen LogP contribution < -0.4 is 11.4 Å². The van der Waals surface area contributed by atoms with Crippen LogP contribution in [0.15, 0.2) is 17.1 Å². The maximum Gasteiger partial charge on any atom is 0.481 e. The van der Waals surface area contributed by atoms with Crippen LogP contribution in [0.1, 0.15) is 161 Å². The van der Waals surface area contributed by atoms with E-state index in [1.807, 2.05) is 0 Å². The number of phosphoric acid groups is 2. The van der Waals surface area contributed by atoms with Gasteiger partial charge >= 0.3 is 27.3 Å². The van der Waals surface area contributed by atoms with Crippen LogP contribution in [0.5, 0.6) is 0 Å². The van der Waals surface area contributed by atoms with Crippen LogP contribution in [0.25, 0.3) is 0 Å². The molecule has 1 saturated heterocycles. The number of carbonyl (C=O) groups excluding carboxylic acids is 1. The van der Waals surface area contributed by atoms with Crippen molar-refractivity contribution in [2.24, 2.45) is 0 Å². The number of hydrogen-bond acceptors (Lipinski definition) is 14. The molecule has 7 atom stereocenters. The van der Waals surface area contributed by atoms with Crippen molar-refractivity contribution < 1.29 is 56.8 Å². The molecule has 1 aromatic rings. The molecule has 0 saturated carbocycles. The summed E-state index contributed by atoms with van der Waals surface area (Å²) in [7, 11) is -10.6. The predicted octanol–water partition coefficient (Wildman–Crippen LogP) is 7.96. The summed E-state index contributed by atoms with van der Waals surface area (Å²) in [5, 5.41) is 20.8. The van der Waals surface area contributed by atoms with E-state index in [1.54, 1.807) is 0 Å². The Labute approximate surface area is 343 Å². The number of hydrogen-bond donors (Lipinski definition) is 5. The zero-order chi connectivity index (χ0) is 41.9. The number of aliphatic hydroxyl groups excluding tert-OH is 2. The summed E-state index contributed by atoms with van der Waals surface area (Å²) >= 11 is 1.52. The maximum atomic E-state index is 12.8. The number of aromatic nitrogens is 2. The molecule has 6 N–H and O–H groups in total. The Bertz CT molecular complexity index is 1390. The summed E-state index contributed by atoms with van der Waals surface area (Å²) < 4.78 is 51.6. The lowest BCUT2D eigenvalue weighted by Gasteiger charge is -2.21. The standard InChI is InChI=1S/C38H71N3O13P2S/c1-3-5-7-9-11-13-15-16-18-20-22-24-34(42)52-31(30-57-27-23-21-19-17-14-12-10-8-6-4-2)28-50-55(46,47)54-56(48,49)51-29-32-35(43)36(44)37(53-32)41-26-25-33(39)40-38(41)45/h25-26,31-32,35-37,43-44H,3-24,27-30H2,1-2H3,(H,46,47)(H,48,49)(H2,39,40,45)/t31?,32-,35-,36+,37?/m1/s1. The summed E-state index contributed by atoms with van der Waals surface area (Å²) in [5.74, 6) is 0.535. The van der Waals surface area contributed by atoms with Gasteiger partial charge in [-0.2, -0.15) is 21.1 Å². The Morgan fingerprint density at radius 3 is 1.88 bits per heavy atom. The number of nitrogens with two attached hydrogens (primary N) is 1. The van der Waals surface area contributed by atoms with E-state index >= 15 is 0 Å². The second-order valence-electron chi connectivity index (χ2n) is 14.9. The molecule has 2 heterocycles. The van der Waals surface area contributed by atoms with E-state index in [0.717, 1.165) is 48.8 Å². The van der Waals surface area contributed by atoms with E-state index in [-0.39, 0.29) is 18.0 Å². The fraction of sp³-hybridized carbons (Fsp3) is 0.868. The van der Waals surface area contributed by atoms with Gasteiger partial charge in [0.2, 0.25) is 0 Å². The molecule has 0 amide bonds. The van der Waals surface area contributed by atoms with Gasteiger partial charge in [0, 0.05) is 18.4 Å². The molecule has 0 bridgehead atoms. The minimum atomic E-state index is -5.31. The number of carbonyl (C=O) groups is 1. The normalized spacial score (nSPS) is 20.9. The van der Waals surface area contributed by atoms with Crippen LogP contribution >= 0.6 is 27.4 Å². The smallest absolute Gasteiger partial charge is 0.459 e. The van der Waals surface area contributed by atoms with Crippen molar-refractivity contribution in [1.29, 1.82) is 0 Å². The molecule has 0 spiro atoms. The Hall–Kier alpha value is -1.36. The van der Waals surface area contributed by atoms with E-state index in [0.29, 0.717) is 6.42 Å². The maximum absolute atomic E-state index is 12.8. The fourth-order valence-corrected chi connectivity index (χ4v) is 9.55. The predicted molar refractivity (Wildman–Crippen MR) is 222 cm³/mol. The number of unbranched alkanes of at least 4 members (excludes halogenated alkanes) is 19. The lowest BCUT2D eigenvalue weighted by molar-refractivity contribution is -0.149. The van der Waals surface area contributed by atoms with Crippen LogP contribution in [-0.2, 0) is 36.8 Å². The number of thioether (sulfide) groups is 1. The average Bonchev–Trinajstić information content (AvgIpc) is 3.43. The minimum Gasteiger partial charge on any atom is -0.459 e. The van der Waals surface area contributed by atoms with Gasteiger partial charge in [-0.1, -0.05) is 136 Å². The van der Waals surface area contributed by atoms with E-state index in [2.05, 4.69) is 23.1 Å². The minimum absolute atomic E-state index is 0.0784. The molecule has 0 aliphatic carbocycles. The van der Waals surface area contributed by atoms with E-state index in [4.69, 9.17) is 24.3 Å². The Kier molecular flexibility index (Phi) is 27.1. The molecule has 1 aliphatic rings. The zero-order valence-electron chi connectivity index (χ0n) is 34.2. The Morgan fingerprint density at radius 1 is 0.825 bits per heavy atom. The molecule has 1 aliphatic heterocycles. The molecular formula is C38H71N3O13P2S. The van der Waals surface area contributed by atoms with Crippen molar-refractivity contribution in [1.82, 2.24) is 9.55 Å². The molecule has 0 aromatic carbocycles. The van der Waals surface area contributed by atoms with Crippen molar-refractivity contribution in [2.45, 2.75) is 186 Å². The van der Waals surface area contributed by atoms with Crippen molar-refractivity contribution in [3.05, 3.63) is 22.7 Å². The molecule has 1 fully saturated rings. The highest BCUT2D eigenvalue weighted by molar-refractivity contribution is 7.99. The van der Waals surface area contributed by atoms with Gasteiger partial charge in [0.05, 0.1) is 13.2 Å². The number of esters is 1. The van der Waals surface area contributed by atoms with Gasteiger partial charge in [-0.15, -0.1) is 0 Å². The third kappa shape index (κ3) is 23.3. The summed E-state index contributed by atoms with van der Waals surface area (Å²) in [4.78, 5) is 49.0. The van der Waals surface area contributed by atoms with Gasteiger partial charge in [-0.25, -0.2) is 13.9 Å². The summed E-state index contributed by atoms with van der Waals surface area (Å²) in [6, 6.07) is 1.27. The Balaban J connectivity index is 1.82. The van der Waals surface area contributed by atoms with Crippen LogP contribution in [0, 0.1) is 0 Å². The van der Waals surface area contributed by atoms with Crippen molar-refractivity contribution >= 4 is 39.2 Å². The molecule has 1 aromatic heterocycles. The van der Waals surface area contributed by atoms with Crippen molar-refractivity contribution in [3.8, 4) is 0 Å². The molecule has 2 rings (SSSR count). The molecular weight excluding hydrogens is 800 g/mol. The van der Waals surface area contributed by atoms with Crippen molar-refractivity contribution in [2.75, 3.05) is 30.5 Å². The van der Waals surface area contributed by atoms with Gasteiger partial charge in [0.15, 0.2) is 6.23 Å².